The van der Waals surface area contributed by atoms with Gasteiger partial charge in [-0.1, -0.05) is 23.2 Å². The van der Waals surface area contributed by atoms with Gasteiger partial charge in [0.1, 0.15) is 11.9 Å². The highest BCUT2D eigenvalue weighted by atomic mass is 35.5. The molecule has 0 amide bonds. The lowest BCUT2D eigenvalue weighted by molar-refractivity contribution is 0.241. The van der Waals surface area contributed by atoms with E-state index in [0.29, 0.717) is 16.6 Å². The van der Waals surface area contributed by atoms with Crippen LogP contribution in [0, 0.1) is 0 Å². The number of nitrogens with two attached hydrogens (primary N) is 1. The minimum absolute atomic E-state index is 0.0472. The van der Waals surface area contributed by atoms with Gasteiger partial charge in [-0.25, -0.2) is 0 Å². The highest BCUT2D eigenvalue weighted by Crippen LogP contribution is 2.37. The van der Waals surface area contributed by atoms with Crippen LogP contribution in [0.3, 0.4) is 0 Å². The molecule has 0 spiro atoms. The number of rotatable bonds is 1. The predicted octanol–water partition coefficient (Wildman–Crippen LogP) is 2.26. The van der Waals surface area contributed by atoms with Gasteiger partial charge < -0.3 is 10.5 Å². The second kappa shape index (κ2) is 3.37. The number of hydrogen-bond acceptors (Lipinski definition) is 2. The zero-order chi connectivity index (χ0) is 9.42. The maximum Gasteiger partial charge on any atom is 0.141 e. The molecule has 2 rings (SSSR count). The molecule has 1 heterocycles. The first-order valence-corrected chi connectivity index (χ1v) is 4.81. The summed E-state index contributed by atoms with van der Waals surface area (Å²) in [6, 6.07) is 3.55. The molecule has 0 saturated heterocycles. The fraction of sp³-hybridized carbons (Fsp3) is 0.333. The molecular weight excluding hydrogens is 209 g/mol. The Morgan fingerprint density at radius 2 is 2.23 bits per heavy atom. The van der Waals surface area contributed by atoms with Crippen LogP contribution in [0.5, 0.6) is 5.75 Å². The molecule has 1 unspecified atom stereocenters. The molecule has 0 bridgehead atoms. The molecule has 2 nitrogen and oxygen atoms in total. The van der Waals surface area contributed by atoms with E-state index >= 15 is 0 Å². The van der Waals surface area contributed by atoms with Crippen molar-refractivity contribution in [3.8, 4) is 5.75 Å². The summed E-state index contributed by atoms with van der Waals surface area (Å²) < 4.78 is 5.53. The van der Waals surface area contributed by atoms with E-state index in [9.17, 15) is 0 Å². The van der Waals surface area contributed by atoms with Gasteiger partial charge in [-0.05, 0) is 12.1 Å². The van der Waals surface area contributed by atoms with Crippen LogP contribution in [0.15, 0.2) is 12.1 Å². The molecule has 1 aliphatic rings. The summed E-state index contributed by atoms with van der Waals surface area (Å²) in [6.45, 7) is 0.503. The summed E-state index contributed by atoms with van der Waals surface area (Å²) in [7, 11) is 0. The molecule has 0 aliphatic carbocycles. The van der Waals surface area contributed by atoms with Crippen molar-refractivity contribution in [2.75, 3.05) is 6.54 Å². The first-order valence-electron chi connectivity index (χ1n) is 4.05. The molecule has 13 heavy (non-hydrogen) atoms. The first kappa shape index (κ1) is 9.13. The monoisotopic (exact) mass is 217 g/mol. The lowest BCUT2D eigenvalue weighted by atomic mass is 10.1. The number of ether oxygens (including phenoxy) is 1. The Hall–Kier alpha value is -0.440. The van der Waals surface area contributed by atoms with Crippen molar-refractivity contribution in [3.05, 3.63) is 27.7 Å². The smallest absolute Gasteiger partial charge is 0.141 e. The summed E-state index contributed by atoms with van der Waals surface area (Å²) in [5.41, 5.74) is 6.55. The second-order valence-electron chi connectivity index (χ2n) is 3.06. The summed E-state index contributed by atoms with van der Waals surface area (Å²) in [5, 5.41) is 1.21. The topological polar surface area (TPSA) is 35.2 Å². The lowest BCUT2D eigenvalue weighted by Crippen LogP contribution is -2.24. The molecule has 0 fully saturated rings. The van der Waals surface area contributed by atoms with Crippen molar-refractivity contribution >= 4 is 23.2 Å². The molecule has 0 radical (unpaired) electrons. The van der Waals surface area contributed by atoms with E-state index in [1.807, 2.05) is 6.07 Å². The van der Waals surface area contributed by atoms with Gasteiger partial charge in [0.2, 0.25) is 0 Å². The van der Waals surface area contributed by atoms with Crippen molar-refractivity contribution in [1.29, 1.82) is 0 Å². The fourth-order valence-corrected chi connectivity index (χ4v) is 2.06. The molecule has 70 valence electrons. The Morgan fingerprint density at radius 1 is 1.46 bits per heavy atom. The third-order valence-electron chi connectivity index (χ3n) is 2.08. The van der Waals surface area contributed by atoms with Crippen molar-refractivity contribution in [2.24, 2.45) is 5.73 Å². The number of hydrogen-bond donors (Lipinski definition) is 1. The molecule has 1 aliphatic heterocycles. The van der Waals surface area contributed by atoms with Gasteiger partial charge in [-0.3, -0.25) is 0 Å². The van der Waals surface area contributed by atoms with Crippen LogP contribution >= 0.6 is 23.2 Å². The van der Waals surface area contributed by atoms with Crippen molar-refractivity contribution in [1.82, 2.24) is 0 Å². The van der Waals surface area contributed by atoms with E-state index < -0.39 is 0 Å². The van der Waals surface area contributed by atoms with Gasteiger partial charge in [-0.15, -0.1) is 0 Å². The van der Waals surface area contributed by atoms with E-state index in [1.165, 1.54) is 0 Å². The number of halogens is 2. The van der Waals surface area contributed by atoms with E-state index in [4.69, 9.17) is 33.7 Å². The maximum absolute atomic E-state index is 5.95. The standard InChI is InChI=1S/C9H9Cl2NO/c10-6-1-5-2-7(4-12)13-9(5)8(11)3-6/h1,3,7H,2,4,12H2. The van der Waals surface area contributed by atoms with Crippen LogP contribution in [-0.2, 0) is 6.42 Å². The molecule has 1 aromatic rings. The number of fused-ring (bicyclic) bond motifs is 1. The largest absolute Gasteiger partial charge is 0.487 e. The molecule has 2 N–H and O–H groups in total. The number of benzene rings is 1. The summed E-state index contributed by atoms with van der Waals surface area (Å²) >= 11 is 11.8. The second-order valence-corrected chi connectivity index (χ2v) is 3.90. The summed E-state index contributed by atoms with van der Waals surface area (Å²) in [4.78, 5) is 0. The van der Waals surface area contributed by atoms with E-state index in [-0.39, 0.29) is 6.10 Å². The van der Waals surface area contributed by atoms with Crippen LogP contribution in [0.2, 0.25) is 10.0 Å². The van der Waals surface area contributed by atoms with E-state index in [0.717, 1.165) is 17.7 Å². The van der Waals surface area contributed by atoms with Gasteiger partial charge in [-0.2, -0.15) is 0 Å². The zero-order valence-corrected chi connectivity index (χ0v) is 8.40. The van der Waals surface area contributed by atoms with Gasteiger partial charge in [0.05, 0.1) is 5.02 Å². The molecule has 0 aromatic heterocycles. The first-order chi connectivity index (χ1) is 6.20. The average Bonchev–Trinajstić information content (AvgIpc) is 2.47. The average molecular weight is 218 g/mol. The molecule has 1 aromatic carbocycles. The zero-order valence-electron chi connectivity index (χ0n) is 6.89. The molecular formula is C9H9Cl2NO. The Morgan fingerprint density at radius 3 is 2.92 bits per heavy atom. The Labute approximate surface area is 86.6 Å². The molecule has 0 saturated carbocycles. The molecule has 1 atom stereocenters. The third-order valence-corrected chi connectivity index (χ3v) is 2.58. The highest BCUT2D eigenvalue weighted by molar-refractivity contribution is 6.35. The Bertz CT molecular complexity index is 341. The van der Waals surface area contributed by atoms with Gasteiger partial charge in [0.25, 0.3) is 0 Å². The van der Waals surface area contributed by atoms with Crippen LogP contribution in [-0.4, -0.2) is 12.6 Å². The van der Waals surface area contributed by atoms with Crippen molar-refractivity contribution < 1.29 is 4.74 Å². The SMILES string of the molecule is NCC1Cc2cc(Cl)cc(Cl)c2O1. The molecule has 4 heteroatoms. The van der Waals surface area contributed by atoms with Crippen LogP contribution in [0.1, 0.15) is 5.56 Å². The van der Waals surface area contributed by atoms with Gasteiger partial charge in [0, 0.05) is 23.6 Å². The van der Waals surface area contributed by atoms with Crippen molar-refractivity contribution in [2.45, 2.75) is 12.5 Å². The quantitative estimate of drug-likeness (QED) is 0.784. The van der Waals surface area contributed by atoms with Gasteiger partial charge >= 0.3 is 0 Å². The maximum atomic E-state index is 5.95. The van der Waals surface area contributed by atoms with Crippen LogP contribution in [0.25, 0.3) is 0 Å². The summed E-state index contributed by atoms with van der Waals surface area (Å²) in [5.74, 6) is 0.738. The fourth-order valence-electron chi connectivity index (χ4n) is 1.48. The predicted molar refractivity (Wildman–Crippen MR) is 53.6 cm³/mol. The lowest BCUT2D eigenvalue weighted by Gasteiger charge is -2.06. The minimum atomic E-state index is 0.0472. The van der Waals surface area contributed by atoms with Crippen LogP contribution < -0.4 is 10.5 Å². The third kappa shape index (κ3) is 1.62. The minimum Gasteiger partial charge on any atom is -0.487 e. The highest BCUT2D eigenvalue weighted by Gasteiger charge is 2.24. The van der Waals surface area contributed by atoms with E-state index in [2.05, 4.69) is 0 Å². The summed E-state index contributed by atoms with van der Waals surface area (Å²) in [6.07, 6.45) is 0.845. The normalized spacial score (nSPS) is 19.8. The van der Waals surface area contributed by atoms with Crippen LogP contribution in [0.4, 0.5) is 0 Å². The van der Waals surface area contributed by atoms with Gasteiger partial charge in [0.15, 0.2) is 0 Å². The Balaban J connectivity index is 2.40. The Kier molecular flexibility index (Phi) is 2.37. The van der Waals surface area contributed by atoms with E-state index in [1.54, 1.807) is 6.07 Å². The van der Waals surface area contributed by atoms with Crippen molar-refractivity contribution in [3.63, 3.8) is 0 Å².